The van der Waals surface area contributed by atoms with Crippen LogP contribution in [0.5, 0.6) is 23.0 Å². The van der Waals surface area contributed by atoms with E-state index in [-0.39, 0.29) is 30.7 Å². The van der Waals surface area contributed by atoms with Crippen molar-refractivity contribution in [3.63, 3.8) is 0 Å². The molecule has 0 radical (unpaired) electrons. The number of hydrogen-bond donors (Lipinski definition) is 1. The fraction of sp³-hybridized carbons (Fsp3) is 0.350. The lowest BCUT2D eigenvalue weighted by Gasteiger charge is -2.27. The average Bonchev–Trinajstić information content (AvgIpc) is 2.74. The number of carbonyl (C=O) groups excluding carboxylic acids is 1. The Hall–Kier alpha value is -3.14. The van der Waals surface area contributed by atoms with E-state index in [0.29, 0.717) is 17.2 Å². The lowest BCUT2D eigenvalue weighted by Crippen LogP contribution is -2.45. The Morgan fingerprint density at radius 3 is 2.57 bits per heavy atom. The van der Waals surface area contributed by atoms with E-state index in [1.165, 1.54) is 20.3 Å². The third-order valence-electron chi connectivity index (χ3n) is 4.44. The van der Waals surface area contributed by atoms with Gasteiger partial charge in [0.05, 0.1) is 32.7 Å². The third-order valence-corrected chi connectivity index (χ3v) is 5.56. The highest BCUT2D eigenvalue weighted by molar-refractivity contribution is 7.92. The Balaban J connectivity index is 1.67. The van der Waals surface area contributed by atoms with Gasteiger partial charge < -0.3 is 24.3 Å². The van der Waals surface area contributed by atoms with Gasteiger partial charge in [-0.2, -0.15) is 0 Å². The number of fused-ring (bicyclic) bond motifs is 1. The van der Waals surface area contributed by atoms with Crippen molar-refractivity contribution >= 4 is 21.6 Å². The van der Waals surface area contributed by atoms with Crippen LogP contribution in [0.4, 0.5) is 5.69 Å². The van der Waals surface area contributed by atoms with Crippen LogP contribution in [0, 0.1) is 0 Å². The zero-order chi connectivity index (χ0) is 21.7. The molecule has 1 heterocycles. The molecule has 1 N–H and O–H groups in total. The van der Waals surface area contributed by atoms with E-state index >= 15 is 0 Å². The molecule has 0 fully saturated rings. The van der Waals surface area contributed by atoms with Crippen molar-refractivity contribution in [1.29, 1.82) is 0 Å². The molecule has 2 aromatic carbocycles. The molecule has 1 aliphatic heterocycles. The monoisotopic (exact) mass is 436 g/mol. The van der Waals surface area contributed by atoms with Gasteiger partial charge in [-0.25, -0.2) is 8.42 Å². The standard InChI is InChI=1S/C20H24N2O7S/c1-26-14-8-9-16(19(10-14)27-2)22(30(3,24)25)12-20(23)21-11-15-13-28-17-6-4-5-7-18(17)29-15/h4-10,15H,11-13H2,1-3H3,(H,21,23)/t15-/m1/s1. The van der Waals surface area contributed by atoms with Crippen molar-refractivity contribution in [2.75, 3.05) is 44.5 Å². The third kappa shape index (κ3) is 5.07. The van der Waals surface area contributed by atoms with Gasteiger partial charge >= 0.3 is 0 Å². The molecule has 0 saturated carbocycles. The van der Waals surface area contributed by atoms with Gasteiger partial charge in [-0.3, -0.25) is 9.10 Å². The molecule has 1 atom stereocenters. The van der Waals surface area contributed by atoms with Crippen LogP contribution >= 0.6 is 0 Å². The van der Waals surface area contributed by atoms with Crippen molar-refractivity contribution in [1.82, 2.24) is 5.32 Å². The molecule has 0 unspecified atom stereocenters. The SMILES string of the molecule is COc1ccc(N(CC(=O)NC[C@@H]2COc3ccccc3O2)S(C)(=O)=O)c(OC)c1. The van der Waals surface area contributed by atoms with Gasteiger partial charge in [-0.05, 0) is 24.3 Å². The summed E-state index contributed by atoms with van der Waals surface area (Å²) in [6.07, 6.45) is 0.643. The molecule has 9 nitrogen and oxygen atoms in total. The molecule has 2 aromatic rings. The van der Waals surface area contributed by atoms with E-state index < -0.39 is 22.5 Å². The first kappa shape index (κ1) is 21.6. The summed E-state index contributed by atoms with van der Waals surface area (Å²) in [6, 6.07) is 11.9. The van der Waals surface area contributed by atoms with E-state index in [1.54, 1.807) is 24.3 Å². The number of methoxy groups -OCH3 is 2. The fourth-order valence-corrected chi connectivity index (χ4v) is 3.81. The van der Waals surface area contributed by atoms with E-state index in [4.69, 9.17) is 18.9 Å². The molecule has 0 bridgehead atoms. The zero-order valence-corrected chi connectivity index (χ0v) is 17.8. The fourth-order valence-electron chi connectivity index (χ4n) is 2.95. The Kier molecular flexibility index (Phi) is 6.56. The van der Waals surface area contributed by atoms with Crippen LogP contribution < -0.4 is 28.6 Å². The molecule has 10 heteroatoms. The minimum Gasteiger partial charge on any atom is -0.497 e. The molecule has 1 aliphatic rings. The molecule has 162 valence electrons. The number of sulfonamides is 1. The Labute approximate surface area is 175 Å². The van der Waals surface area contributed by atoms with E-state index in [2.05, 4.69) is 5.32 Å². The van der Waals surface area contributed by atoms with Gasteiger partial charge in [-0.1, -0.05) is 12.1 Å². The molecule has 3 rings (SSSR count). The molecule has 0 aliphatic carbocycles. The van der Waals surface area contributed by atoms with Gasteiger partial charge in [0, 0.05) is 6.07 Å². The number of carbonyl (C=O) groups is 1. The number of hydrogen-bond acceptors (Lipinski definition) is 7. The van der Waals surface area contributed by atoms with E-state index in [0.717, 1.165) is 10.6 Å². The largest absolute Gasteiger partial charge is 0.497 e. The first-order valence-corrected chi connectivity index (χ1v) is 11.0. The smallest absolute Gasteiger partial charge is 0.240 e. The second-order valence-corrected chi connectivity index (χ2v) is 8.52. The highest BCUT2D eigenvalue weighted by Gasteiger charge is 2.26. The van der Waals surface area contributed by atoms with Gasteiger partial charge in [0.15, 0.2) is 11.5 Å². The number of ether oxygens (including phenoxy) is 4. The summed E-state index contributed by atoms with van der Waals surface area (Å²) in [4.78, 5) is 12.5. The quantitative estimate of drug-likeness (QED) is 0.668. The molecular formula is C20H24N2O7S. The number of para-hydroxylation sites is 2. The van der Waals surface area contributed by atoms with Crippen LogP contribution in [-0.4, -0.2) is 60.6 Å². The Bertz CT molecular complexity index is 1010. The predicted molar refractivity (Wildman–Crippen MR) is 111 cm³/mol. The zero-order valence-electron chi connectivity index (χ0n) is 17.0. The average molecular weight is 436 g/mol. The highest BCUT2D eigenvalue weighted by atomic mass is 32.2. The molecule has 0 spiro atoms. The second kappa shape index (κ2) is 9.12. The number of amides is 1. The summed E-state index contributed by atoms with van der Waals surface area (Å²) in [7, 11) is -0.847. The van der Waals surface area contributed by atoms with Crippen molar-refractivity contribution in [2.24, 2.45) is 0 Å². The maximum Gasteiger partial charge on any atom is 0.240 e. The molecular weight excluding hydrogens is 412 g/mol. The number of rotatable bonds is 8. The number of nitrogens with zero attached hydrogens (tertiary/aromatic N) is 1. The number of anilines is 1. The maximum absolute atomic E-state index is 12.5. The van der Waals surface area contributed by atoms with Crippen molar-refractivity contribution in [3.8, 4) is 23.0 Å². The minimum atomic E-state index is -3.75. The van der Waals surface area contributed by atoms with Gasteiger partial charge in [0.1, 0.15) is 30.8 Å². The van der Waals surface area contributed by atoms with Crippen molar-refractivity contribution in [3.05, 3.63) is 42.5 Å². The van der Waals surface area contributed by atoms with Crippen LogP contribution in [0.2, 0.25) is 0 Å². The summed E-state index contributed by atoms with van der Waals surface area (Å²) in [5.74, 6) is 1.54. The second-order valence-electron chi connectivity index (χ2n) is 6.61. The van der Waals surface area contributed by atoms with E-state index in [9.17, 15) is 13.2 Å². The van der Waals surface area contributed by atoms with Crippen LogP contribution in [-0.2, 0) is 14.8 Å². The molecule has 0 saturated heterocycles. The molecule has 0 aromatic heterocycles. The summed E-state index contributed by atoms with van der Waals surface area (Å²) in [5, 5.41) is 2.70. The van der Waals surface area contributed by atoms with Crippen LogP contribution in [0.3, 0.4) is 0 Å². The lowest BCUT2D eigenvalue weighted by atomic mass is 10.2. The topological polar surface area (TPSA) is 103 Å². The number of nitrogens with one attached hydrogen (secondary N) is 1. The van der Waals surface area contributed by atoms with Gasteiger partial charge in [-0.15, -0.1) is 0 Å². The minimum absolute atomic E-state index is 0.171. The normalized spacial score (nSPS) is 15.2. The lowest BCUT2D eigenvalue weighted by molar-refractivity contribution is -0.120. The summed E-state index contributed by atoms with van der Waals surface area (Å²) >= 11 is 0. The van der Waals surface area contributed by atoms with Crippen LogP contribution in [0.15, 0.2) is 42.5 Å². The van der Waals surface area contributed by atoms with Crippen molar-refractivity contribution in [2.45, 2.75) is 6.10 Å². The van der Waals surface area contributed by atoms with Crippen LogP contribution in [0.25, 0.3) is 0 Å². The first-order chi connectivity index (χ1) is 14.3. The molecule has 30 heavy (non-hydrogen) atoms. The predicted octanol–water partition coefficient (Wildman–Crippen LogP) is 1.43. The summed E-state index contributed by atoms with van der Waals surface area (Å²) < 4.78 is 47.5. The first-order valence-electron chi connectivity index (χ1n) is 9.16. The van der Waals surface area contributed by atoms with Crippen molar-refractivity contribution < 1.29 is 32.2 Å². The Morgan fingerprint density at radius 2 is 1.90 bits per heavy atom. The highest BCUT2D eigenvalue weighted by Crippen LogP contribution is 2.33. The van der Waals surface area contributed by atoms with E-state index in [1.807, 2.05) is 12.1 Å². The van der Waals surface area contributed by atoms with Gasteiger partial charge in [0.25, 0.3) is 0 Å². The summed E-state index contributed by atoms with van der Waals surface area (Å²) in [6.45, 7) is 0.0373. The van der Waals surface area contributed by atoms with Crippen LogP contribution in [0.1, 0.15) is 0 Å². The van der Waals surface area contributed by atoms with Gasteiger partial charge in [0.2, 0.25) is 15.9 Å². The Morgan fingerprint density at radius 1 is 1.17 bits per heavy atom. The molecule has 1 amide bonds. The number of benzene rings is 2. The summed E-state index contributed by atoms with van der Waals surface area (Å²) in [5.41, 5.74) is 0.238. The maximum atomic E-state index is 12.5.